The highest BCUT2D eigenvalue weighted by molar-refractivity contribution is 7.15. The summed E-state index contributed by atoms with van der Waals surface area (Å²) in [6, 6.07) is 0.657. The van der Waals surface area contributed by atoms with Crippen molar-refractivity contribution in [2.45, 2.75) is 124 Å². The molecule has 0 aliphatic heterocycles. The van der Waals surface area contributed by atoms with E-state index in [9.17, 15) is 24.3 Å². The summed E-state index contributed by atoms with van der Waals surface area (Å²) in [6.45, 7) is 12.9. The average Bonchev–Trinajstić information content (AvgIpc) is 3.32. The van der Waals surface area contributed by atoms with Crippen molar-refractivity contribution in [1.82, 2.24) is 5.32 Å². The lowest BCUT2D eigenvalue weighted by Gasteiger charge is -2.39. The van der Waals surface area contributed by atoms with Gasteiger partial charge < -0.3 is 24.8 Å². The summed E-state index contributed by atoms with van der Waals surface area (Å²) in [7, 11) is 0. The molecule has 0 radical (unpaired) electrons. The summed E-state index contributed by atoms with van der Waals surface area (Å²) >= 11 is 1.11. The SMILES string of the molecule is CC(C)C#Cc1cc(N(C(=O)C2CCC(C)CC2)C2CCC(OC(=O)[C@H](C)NC(=O)OC(C)(C)C)CC2)c(C(=O)O)s1. The fourth-order valence-corrected chi connectivity index (χ4v) is 6.27. The number of carbonyl (C=O) groups excluding carboxylic acids is 3. The van der Waals surface area contributed by atoms with Crippen molar-refractivity contribution < 1.29 is 33.8 Å². The number of rotatable bonds is 7. The van der Waals surface area contributed by atoms with E-state index in [0.29, 0.717) is 42.2 Å². The van der Waals surface area contributed by atoms with Crippen molar-refractivity contribution in [2.24, 2.45) is 17.8 Å². The Morgan fingerprint density at radius 3 is 2.19 bits per heavy atom. The molecule has 2 aliphatic carbocycles. The van der Waals surface area contributed by atoms with E-state index >= 15 is 0 Å². The number of carbonyl (C=O) groups is 4. The predicted molar refractivity (Wildman–Crippen MR) is 163 cm³/mol. The number of hydrogen-bond acceptors (Lipinski definition) is 7. The lowest BCUT2D eigenvalue weighted by Crippen LogP contribution is -2.48. The van der Waals surface area contributed by atoms with E-state index in [1.807, 2.05) is 13.8 Å². The fourth-order valence-electron chi connectivity index (χ4n) is 5.42. The topological polar surface area (TPSA) is 122 Å². The van der Waals surface area contributed by atoms with Gasteiger partial charge >= 0.3 is 18.0 Å². The smallest absolute Gasteiger partial charge is 0.408 e. The first-order chi connectivity index (χ1) is 19.6. The van der Waals surface area contributed by atoms with Gasteiger partial charge in [-0.2, -0.15) is 0 Å². The summed E-state index contributed by atoms with van der Waals surface area (Å²) in [5, 5.41) is 12.6. The molecule has 2 N–H and O–H groups in total. The molecule has 1 aromatic rings. The van der Waals surface area contributed by atoms with Crippen LogP contribution in [0, 0.1) is 29.6 Å². The monoisotopic (exact) mass is 602 g/mol. The van der Waals surface area contributed by atoms with E-state index in [-0.39, 0.29) is 34.8 Å². The lowest BCUT2D eigenvalue weighted by molar-refractivity contribution is -0.152. The zero-order valence-corrected chi connectivity index (χ0v) is 26.8. The maximum Gasteiger partial charge on any atom is 0.408 e. The largest absolute Gasteiger partial charge is 0.477 e. The van der Waals surface area contributed by atoms with Gasteiger partial charge in [0.05, 0.1) is 10.6 Å². The molecule has 0 saturated heterocycles. The Hall–Kier alpha value is -3.06. The zero-order valence-electron chi connectivity index (χ0n) is 26.0. The molecule has 0 aromatic carbocycles. The minimum atomic E-state index is -1.07. The van der Waals surface area contributed by atoms with Gasteiger partial charge in [0.1, 0.15) is 22.6 Å². The number of alkyl carbamates (subject to hydrolysis) is 1. The van der Waals surface area contributed by atoms with Gasteiger partial charge in [0.15, 0.2) is 0 Å². The van der Waals surface area contributed by atoms with Crippen LogP contribution < -0.4 is 10.2 Å². The van der Waals surface area contributed by atoms with Crippen LogP contribution in [0.4, 0.5) is 10.5 Å². The molecule has 1 aromatic heterocycles. The number of amides is 2. The van der Waals surface area contributed by atoms with Crippen molar-refractivity contribution in [2.75, 3.05) is 4.90 Å². The van der Waals surface area contributed by atoms with Crippen LogP contribution in [0.25, 0.3) is 0 Å². The minimum Gasteiger partial charge on any atom is -0.477 e. The first-order valence-electron chi connectivity index (χ1n) is 15.1. The van der Waals surface area contributed by atoms with Crippen LogP contribution in [-0.4, -0.2) is 52.8 Å². The molecular weight excluding hydrogens is 556 g/mol. The van der Waals surface area contributed by atoms with Crippen LogP contribution in [-0.2, 0) is 19.1 Å². The van der Waals surface area contributed by atoms with Crippen LogP contribution in [0.5, 0.6) is 0 Å². The third kappa shape index (κ3) is 9.48. The maximum absolute atomic E-state index is 14.1. The first-order valence-corrected chi connectivity index (χ1v) is 15.9. The Balaban J connectivity index is 1.76. The number of nitrogens with zero attached hydrogens (tertiary/aromatic N) is 1. The minimum absolute atomic E-state index is 0.0267. The average molecular weight is 603 g/mol. The summed E-state index contributed by atoms with van der Waals surface area (Å²) in [4.78, 5) is 53.6. The van der Waals surface area contributed by atoms with E-state index in [2.05, 4.69) is 24.1 Å². The number of anilines is 1. The number of carboxylic acids is 1. The van der Waals surface area contributed by atoms with Gasteiger partial charge in [-0.3, -0.25) is 4.79 Å². The normalized spacial score (nSPS) is 23.2. The highest BCUT2D eigenvalue weighted by atomic mass is 32.1. The van der Waals surface area contributed by atoms with Gasteiger partial charge in [0.25, 0.3) is 0 Å². The number of ether oxygens (including phenoxy) is 2. The Labute approximate surface area is 253 Å². The van der Waals surface area contributed by atoms with Crippen LogP contribution >= 0.6 is 11.3 Å². The van der Waals surface area contributed by atoms with Crippen molar-refractivity contribution in [3.05, 3.63) is 15.8 Å². The van der Waals surface area contributed by atoms with E-state index < -0.39 is 29.7 Å². The summed E-state index contributed by atoms with van der Waals surface area (Å²) < 4.78 is 10.9. The zero-order chi connectivity index (χ0) is 31.2. The molecule has 1 heterocycles. The summed E-state index contributed by atoms with van der Waals surface area (Å²) in [5.74, 6) is 5.08. The molecule has 10 heteroatoms. The van der Waals surface area contributed by atoms with Crippen LogP contribution in [0.3, 0.4) is 0 Å². The van der Waals surface area contributed by atoms with Crippen molar-refractivity contribution in [3.63, 3.8) is 0 Å². The molecule has 2 amide bonds. The fraction of sp³-hybridized carbons (Fsp3) is 0.688. The highest BCUT2D eigenvalue weighted by Crippen LogP contribution is 2.39. The van der Waals surface area contributed by atoms with Crippen LogP contribution in [0.1, 0.15) is 114 Å². The van der Waals surface area contributed by atoms with Gasteiger partial charge in [0.2, 0.25) is 5.91 Å². The van der Waals surface area contributed by atoms with Crippen LogP contribution in [0.2, 0.25) is 0 Å². The number of carboxylic acid groups (broad SMARTS) is 1. The molecule has 2 fully saturated rings. The molecule has 0 unspecified atom stereocenters. The van der Waals surface area contributed by atoms with Gasteiger partial charge in [-0.15, -0.1) is 11.3 Å². The Morgan fingerprint density at radius 2 is 1.64 bits per heavy atom. The number of hydrogen-bond donors (Lipinski definition) is 2. The van der Waals surface area contributed by atoms with Crippen LogP contribution in [0.15, 0.2) is 6.07 Å². The maximum atomic E-state index is 14.1. The number of aromatic carboxylic acids is 1. The van der Waals surface area contributed by atoms with E-state index in [4.69, 9.17) is 9.47 Å². The second-order valence-electron chi connectivity index (χ2n) is 13.0. The second kappa shape index (κ2) is 14.4. The predicted octanol–water partition coefficient (Wildman–Crippen LogP) is 6.38. The summed E-state index contributed by atoms with van der Waals surface area (Å²) in [6.07, 6.45) is 4.64. The van der Waals surface area contributed by atoms with Gasteiger partial charge in [0, 0.05) is 17.9 Å². The Bertz CT molecular complexity index is 1190. The molecule has 1 atom stereocenters. The molecule has 3 rings (SSSR count). The molecular formula is C32H46N2O7S. The molecule has 42 heavy (non-hydrogen) atoms. The van der Waals surface area contributed by atoms with Crippen molar-refractivity contribution in [1.29, 1.82) is 0 Å². The Morgan fingerprint density at radius 1 is 1.02 bits per heavy atom. The third-order valence-electron chi connectivity index (χ3n) is 7.63. The van der Waals surface area contributed by atoms with E-state index in [1.54, 1.807) is 38.7 Å². The van der Waals surface area contributed by atoms with Gasteiger partial charge in [-0.25, -0.2) is 14.4 Å². The molecule has 9 nitrogen and oxygen atoms in total. The summed E-state index contributed by atoms with van der Waals surface area (Å²) in [5.41, 5.74) is -0.268. The van der Waals surface area contributed by atoms with Crippen molar-refractivity contribution >= 4 is 41.0 Å². The third-order valence-corrected chi connectivity index (χ3v) is 8.66. The number of nitrogens with one attached hydrogen (secondary N) is 1. The van der Waals surface area contributed by atoms with E-state index in [0.717, 1.165) is 37.0 Å². The molecule has 2 aliphatic rings. The van der Waals surface area contributed by atoms with Gasteiger partial charge in [-0.05, 0) is 91.0 Å². The quantitative estimate of drug-likeness (QED) is 0.274. The standard InChI is InChI=1S/C32H46N2O7S/c1-19(2)8-17-25-18-26(27(42-25)29(36)37)34(28(35)22-11-9-20(3)10-12-22)23-13-15-24(16-14-23)40-30(38)21(4)33-31(39)41-32(5,6)7/h18-24H,9-16H2,1-7H3,(H,33,39)(H,36,37)/t20?,21-,22?,23?,24?/m0/s1. The molecule has 0 spiro atoms. The highest BCUT2D eigenvalue weighted by Gasteiger charge is 2.38. The van der Waals surface area contributed by atoms with E-state index in [1.165, 1.54) is 0 Å². The lowest BCUT2D eigenvalue weighted by atomic mass is 9.81. The first kappa shape index (κ1) is 33.4. The second-order valence-corrected chi connectivity index (χ2v) is 14.0. The van der Waals surface area contributed by atoms with Gasteiger partial charge in [-0.1, -0.05) is 32.6 Å². The molecule has 0 bridgehead atoms. The molecule has 232 valence electrons. The number of thiophene rings is 1. The Kier molecular flexibility index (Phi) is 11.5. The number of esters is 1. The molecule has 2 saturated carbocycles. The van der Waals surface area contributed by atoms with Crippen molar-refractivity contribution in [3.8, 4) is 11.8 Å².